The largest absolute Gasteiger partial charge is 0.403 e. The highest BCUT2D eigenvalue weighted by atomic mass is 19.1. The van der Waals surface area contributed by atoms with E-state index in [4.69, 9.17) is 5.73 Å². The van der Waals surface area contributed by atoms with Gasteiger partial charge < -0.3 is 16.0 Å². The summed E-state index contributed by atoms with van der Waals surface area (Å²) in [7, 11) is 1.98. The number of nitrogens with zero attached hydrogens (tertiary/aromatic N) is 1. The highest BCUT2D eigenvalue weighted by molar-refractivity contribution is 5.26. The van der Waals surface area contributed by atoms with Gasteiger partial charge >= 0.3 is 0 Å². The number of likely N-dealkylation sites (N-methyl/N-ethyl adjacent to an activating group) is 1. The highest BCUT2D eigenvalue weighted by Gasteiger charge is 2.06. The van der Waals surface area contributed by atoms with Gasteiger partial charge in [-0.05, 0) is 24.1 Å². The lowest BCUT2D eigenvalue weighted by atomic mass is 10.2. The van der Waals surface area contributed by atoms with Crippen LogP contribution in [0.5, 0.6) is 0 Å². The molecule has 4 heteroatoms. The van der Waals surface area contributed by atoms with Crippen LogP contribution in [0.3, 0.4) is 0 Å². The van der Waals surface area contributed by atoms with E-state index in [-0.39, 0.29) is 5.82 Å². The molecule has 0 radical (unpaired) electrons. The monoisotopic (exact) mass is 263 g/mol. The summed E-state index contributed by atoms with van der Waals surface area (Å²) in [6, 6.07) is 6.38. The Kier molecular flexibility index (Phi) is 5.93. The van der Waals surface area contributed by atoms with Gasteiger partial charge in [-0.1, -0.05) is 25.6 Å². The van der Waals surface area contributed by atoms with Gasteiger partial charge in [0.1, 0.15) is 5.82 Å². The quantitative estimate of drug-likeness (QED) is 0.743. The number of hydrogen-bond donors (Lipinski definition) is 2. The van der Waals surface area contributed by atoms with Crippen molar-refractivity contribution in [3.8, 4) is 0 Å². The summed E-state index contributed by atoms with van der Waals surface area (Å²) in [4.78, 5) is 2.05. The van der Waals surface area contributed by atoms with Crippen molar-refractivity contribution in [2.24, 2.45) is 5.73 Å². The third-order valence-electron chi connectivity index (χ3n) is 2.89. The fourth-order valence-electron chi connectivity index (χ4n) is 1.73. The van der Waals surface area contributed by atoms with Crippen LogP contribution in [0.25, 0.3) is 0 Å². The van der Waals surface area contributed by atoms with E-state index in [1.54, 1.807) is 12.1 Å². The Hall–Kier alpha value is -1.97. The predicted octanol–water partition coefficient (Wildman–Crippen LogP) is 2.57. The number of halogens is 1. The van der Waals surface area contributed by atoms with Crippen molar-refractivity contribution in [3.05, 3.63) is 59.8 Å². The van der Waals surface area contributed by atoms with Crippen LogP contribution in [0.1, 0.15) is 18.9 Å². The van der Waals surface area contributed by atoms with Crippen molar-refractivity contribution in [2.75, 3.05) is 13.6 Å². The van der Waals surface area contributed by atoms with Crippen molar-refractivity contribution in [1.29, 1.82) is 0 Å². The van der Waals surface area contributed by atoms with E-state index < -0.39 is 0 Å². The molecule has 1 aromatic carbocycles. The van der Waals surface area contributed by atoms with Gasteiger partial charge in [0.2, 0.25) is 0 Å². The van der Waals surface area contributed by atoms with Crippen LogP contribution >= 0.6 is 0 Å². The van der Waals surface area contributed by atoms with E-state index in [0.717, 1.165) is 29.9 Å². The van der Waals surface area contributed by atoms with Crippen LogP contribution < -0.4 is 11.1 Å². The topological polar surface area (TPSA) is 41.3 Å². The molecule has 19 heavy (non-hydrogen) atoms. The van der Waals surface area contributed by atoms with Crippen LogP contribution in [-0.2, 0) is 6.54 Å². The van der Waals surface area contributed by atoms with Gasteiger partial charge in [-0.15, -0.1) is 0 Å². The van der Waals surface area contributed by atoms with Gasteiger partial charge in [0.15, 0.2) is 0 Å². The minimum atomic E-state index is -0.231. The van der Waals surface area contributed by atoms with Crippen molar-refractivity contribution < 1.29 is 4.39 Å². The number of nitrogens with one attached hydrogen (secondary N) is 1. The average Bonchev–Trinajstić information content (AvgIpc) is 2.41. The summed E-state index contributed by atoms with van der Waals surface area (Å²) in [5, 5.41) is 3.22. The van der Waals surface area contributed by atoms with E-state index in [2.05, 4.69) is 23.7 Å². The van der Waals surface area contributed by atoms with Gasteiger partial charge in [-0.2, -0.15) is 0 Å². The maximum Gasteiger partial charge on any atom is 0.123 e. The molecule has 0 aromatic heterocycles. The van der Waals surface area contributed by atoms with E-state index >= 15 is 0 Å². The minimum absolute atomic E-state index is 0.231. The lowest BCUT2D eigenvalue weighted by Gasteiger charge is -2.23. The minimum Gasteiger partial charge on any atom is -0.403 e. The van der Waals surface area contributed by atoms with Crippen molar-refractivity contribution in [1.82, 2.24) is 10.2 Å². The maximum atomic E-state index is 12.8. The molecule has 0 saturated heterocycles. The van der Waals surface area contributed by atoms with E-state index in [9.17, 15) is 4.39 Å². The zero-order chi connectivity index (χ0) is 14.3. The number of nitrogens with two attached hydrogens (primary N) is 1. The molecule has 0 atom stereocenters. The molecule has 0 aliphatic heterocycles. The number of rotatable bonds is 7. The van der Waals surface area contributed by atoms with Crippen LogP contribution in [0.15, 0.2) is 48.4 Å². The third kappa shape index (κ3) is 4.66. The van der Waals surface area contributed by atoms with E-state index in [0.29, 0.717) is 6.54 Å². The fourth-order valence-corrected chi connectivity index (χ4v) is 1.73. The first-order valence-electron chi connectivity index (χ1n) is 6.39. The number of benzene rings is 1. The predicted molar refractivity (Wildman–Crippen MR) is 77.6 cm³/mol. The Morgan fingerprint density at radius 3 is 2.58 bits per heavy atom. The lowest BCUT2D eigenvalue weighted by molar-refractivity contribution is 0.419. The van der Waals surface area contributed by atoms with Gasteiger partial charge in [0.25, 0.3) is 0 Å². The SMILES string of the molecule is C=C(/C(=C\N)NCc1ccc(F)cc1)N(C)CCC. The van der Waals surface area contributed by atoms with Crippen LogP contribution in [-0.4, -0.2) is 18.5 Å². The first-order chi connectivity index (χ1) is 9.08. The summed E-state index contributed by atoms with van der Waals surface area (Å²) in [5.74, 6) is -0.231. The van der Waals surface area contributed by atoms with Crippen LogP contribution in [0, 0.1) is 5.82 Å². The third-order valence-corrected chi connectivity index (χ3v) is 2.89. The normalized spacial score (nSPS) is 11.2. The Morgan fingerprint density at radius 2 is 2.05 bits per heavy atom. The second kappa shape index (κ2) is 7.46. The summed E-state index contributed by atoms with van der Waals surface area (Å²) >= 11 is 0. The second-order valence-corrected chi connectivity index (χ2v) is 4.43. The first kappa shape index (κ1) is 15.1. The lowest BCUT2D eigenvalue weighted by Crippen LogP contribution is -2.26. The van der Waals surface area contributed by atoms with Crippen molar-refractivity contribution >= 4 is 0 Å². The maximum absolute atomic E-state index is 12.8. The molecule has 104 valence electrons. The molecular formula is C15H22FN3. The van der Waals surface area contributed by atoms with Gasteiger partial charge in [-0.3, -0.25) is 0 Å². The molecule has 1 rings (SSSR count). The molecule has 3 N–H and O–H groups in total. The van der Waals surface area contributed by atoms with E-state index in [1.165, 1.54) is 18.3 Å². The summed E-state index contributed by atoms with van der Waals surface area (Å²) in [6.45, 7) is 7.65. The molecule has 0 heterocycles. The molecule has 0 saturated carbocycles. The molecule has 0 bridgehead atoms. The average molecular weight is 263 g/mol. The fraction of sp³-hybridized carbons (Fsp3) is 0.333. The van der Waals surface area contributed by atoms with Gasteiger partial charge in [-0.25, -0.2) is 4.39 Å². The molecule has 0 aliphatic carbocycles. The van der Waals surface area contributed by atoms with Gasteiger partial charge in [0, 0.05) is 26.3 Å². The zero-order valence-electron chi connectivity index (χ0n) is 11.6. The molecule has 0 fully saturated rings. The first-order valence-corrected chi connectivity index (χ1v) is 6.39. The standard InChI is InChI=1S/C15H22FN3/c1-4-9-19(3)12(2)15(10-17)18-11-13-5-7-14(16)8-6-13/h5-8,10,18H,2,4,9,11,17H2,1,3H3/b15-10+. The molecule has 0 aliphatic rings. The molecule has 1 aromatic rings. The Bertz CT molecular complexity index is 437. The van der Waals surface area contributed by atoms with Crippen LogP contribution in [0.4, 0.5) is 4.39 Å². The molecular weight excluding hydrogens is 241 g/mol. The molecule has 3 nitrogen and oxygen atoms in total. The summed E-state index contributed by atoms with van der Waals surface area (Å²) in [6.07, 6.45) is 2.56. The smallest absolute Gasteiger partial charge is 0.123 e. The van der Waals surface area contributed by atoms with Gasteiger partial charge in [0.05, 0.1) is 11.4 Å². The van der Waals surface area contributed by atoms with Crippen LogP contribution in [0.2, 0.25) is 0 Å². The molecule has 0 unspecified atom stereocenters. The zero-order valence-corrected chi connectivity index (χ0v) is 11.6. The van der Waals surface area contributed by atoms with Crippen molar-refractivity contribution in [2.45, 2.75) is 19.9 Å². The highest BCUT2D eigenvalue weighted by Crippen LogP contribution is 2.10. The Balaban J connectivity index is 2.58. The molecule has 0 amide bonds. The Morgan fingerprint density at radius 1 is 1.42 bits per heavy atom. The van der Waals surface area contributed by atoms with Crippen molar-refractivity contribution in [3.63, 3.8) is 0 Å². The summed E-state index contributed by atoms with van der Waals surface area (Å²) < 4.78 is 12.8. The second-order valence-electron chi connectivity index (χ2n) is 4.43. The Labute approximate surface area is 114 Å². The van der Waals surface area contributed by atoms with E-state index in [1.807, 2.05) is 7.05 Å². The molecule has 0 spiro atoms. The number of hydrogen-bond acceptors (Lipinski definition) is 3. The summed E-state index contributed by atoms with van der Waals surface area (Å²) in [5.41, 5.74) is 8.26.